The van der Waals surface area contributed by atoms with E-state index in [4.69, 9.17) is 0 Å². The largest absolute Gasteiger partial charge is 0.341 e. The van der Waals surface area contributed by atoms with Crippen molar-refractivity contribution in [3.8, 4) is 0 Å². The summed E-state index contributed by atoms with van der Waals surface area (Å²) in [5.74, 6) is -0.227. The molecule has 3 N–H and O–H groups in total. The highest BCUT2D eigenvalue weighted by Gasteiger charge is 2.01. The normalized spacial score (nSPS) is 10.6. The van der Waals surface area contributed by atoms with Crippen molar-refractivity contribution in [2.45, 2.75) is 6.92 Å². The van der Waals surface area contributed by atoms with Crippen LogP contribution < -0.4 is 16.0 Å². The summed E-state index contributed by atoms with van der Waals surface area (Å²) >= 11 is 0. The predicted octanol–water partition coefficient (Wildman–Crippen LogP) is 2.51. The average molecular weight is 259 g/mol. The van der Waals surface area contributed by atoms with Gasteiger partial charge in [-0.25, -0.2) is 4.79 Å². The van der Waals surface area contributed by atoms with E-state index in [9.17, 15) is 9.59 Å². The van der Waals surface area contributed by atoms with Gasteiger partial charge in [0.05, 0.1) is 0 Å². The van der Waals surface area contributed by atoms with Gasteiger partial charge in [-0.15, -0.1) is 0 Å². The van der Waals surface area contributed by atoms with E-state index in [0.29, 0.717) is 11.4 Å². The van der Waals surface area contributed by atoms with Crippen LogP contribution in [0.4, 0.5) is 16.2 Å². The van der Waals surface area contributed by atoms with Crippen LogP contribution in [0.2, 0.25) is 0 Å². The van der Waals surface area contributed by atoms with Crippen molar-refractivity contribution in [2.24, 2.45) is 0 Å². The first-order valence-corrected chi connectivity index (χ1v) is 5.85. The van der Waals surface area contributed by atoms with Crippen molar-refractivity contribution in [3.05, 3.63) is 48.6 Å². The molecule has 0 radical (unpaired) electrons. The van der Waals surface area contributed by atoms with Crippen molar-refractivity contribution < 1.29 is 9.59 Å². The lowest BCUT2D eigenvalue weighted by atomic mass is 10.2. The Kier molecular flexibility index (Phi) is 5.88. The number of amides is 3. The van der Waals surface area contributed by atoms with E-state index in [1.54, 1.807) is 36.4 Å². The van der Waals surface area contributed by atoms with Crippen LogP contribution in [0.25, 0.3) is 0 Å². The zero-order valence-electron chi connectivity index (χ0n) is 10.9. The number of benzene rings is 1. The zero-order chi connectivity index (χ0) is 14.1. The van der Waals surface area contributed by atoms with Crippen LogP contribution in [0.3, 0.4) is 0 Å². The Bertz CT molecular complexity index is 507. The smallest absolute Gasteiger partial charge is 0.318 e. The number of rotatable bonds is 4. The lowest BCUT2D eigenvalue weighted by molar-refractivity contribution is -0.111. The molecule has 0 aliphatic heterocycles. The predicted molar refractivity (Wildman–Crippen MR) is 77.1 cm³/mol. The van der Waals surface area contributed by atoms with Crippen LogP contribution in [0.1, 0.15) is 6.92 Å². The van der Waals surface area contributed by atoms with Crippen LogP contribution in [-0.2, 0) is 4.79 Å². The SMILES string of the molecule is C/C=C/C=C/C(=O)Nc1cccc(NC(=O)NC)c1. The first kappa shape index (κ1) is 14.5. The van der Waals surface area contributed by atoms with E-state index in [0.717, 1.165) is 0 Å². The molecule has 0 heterocycles. The molecular weight excluding hydrogens is 242 g/mol. The Morgan fingerprint density at radius 2 is 1.79 bits per heavy atom. The van der Waals surface area contributed by atoms with Gasteiger partial charge in [0.15, 0.2) is 0 Å². The molecule has 0 spiro atoms. The summed E-state index contributed by atoms with van der Waals surface area (Å²) in [6, 6.07) is 6.60. The third-order valence-electron chi connectivity index (χ3n) is 2.17. The number of hydrogen-bond acceptors (Lipinski definition) is 2. The number of carbonyl (C=O) groups excluding carboxylic acids is 2. The number of nitrogens with one attached hydrogen (secondary N) is 3. The van der Waals surface area contributed by atoms with Gasteiger partial charge in [-0.05, 0) is 25.1 Å². The summed E-state index contributed by atoms with van der Waals surface area (Å²) in [6.07, 6.45) is 6.68. The highest BCUT2D eigenvalue weighted by Crippen LogP contribution is 2.14. The molecule has 0 bridgehead atoms. The Morgan fingerprint density at radius 1 is 1.11 bits per heavy atom. The number of urea groups is 1. The van der Waals surface area contributed by atoms with Crippen molar-refractivity contribution in [1.82, 2.24) is 5.32 Å². The van der Waals surface area contributed by atoms with E-state index in [1.807, 2.05) is 13.0 Å². The van der Waals surface area contributed by atoms with Gasteiger partial charge in [-0.3, -0.25) is 4.79 Å². The molecule has 100 valence electrons. The van der Waals surface area contributed by atoms with Crippen LogP contribution in [0.15, 0.2) is 48.6 Å². The van der Waals surface area contributed by atoms with E-state index in [1.165, 1.54) is 13.1 Å². The molecular formula is C14H17N3O2. The first-order chi connectivity index (χ1) is 9.15. The van der Waals surface area contributed by atoms with Gasteiger partial charge in [0.1, 0.15) is 0 Å². The minimum absolute atomic E-state index is 0.227. The van der Waals surface area contributed by atoms with E-state index < -0.39 is 0 Å². The maximum absolute atomic E-state index is 11.5. The van der Waals surface area contributed by atoms with Gasteiger partial charge < -0.3 is 16.0 Å². The third-order valence-corrected chi connectivity index (χ3v) is 2.17. The van der Waals surface area contributed by atoms with Crippen LogP contribution in [0, 0.1) is 0 Å². The molecule has 0 aliphatic rings. The molecule has 0 atom stereocenters. The zero-order valence-corrected chi connectivity index (χ0v) is 10.9. The van der Waals surface area contributed by atoms with Gasteiger partial charge in [-0.2, -0.15) is 0 Å². The summed E-state index contributed by atoms with van der Waals surface area (Å²) in [6.45, 7) is 1.87. The summed E-state index contributed by atoms with van der Waals surface area (Å²) in [7, 11) is 1.53. The molecule has 0 unspecified atom stereocenters. The van der Waals surface area contributed by atoms with Crippen molar-refractivity contribution >= 4 is 23.3 Å². The Balaban J connectivity index is 2.66. The van der Waals surface area contributed by atoms with E-state index in [-0.39, 0.29) is 11.9 Å². The summed E-state index contributed by atoms with van der Waals surface area (Å²) in [5.41, 5.74) is 1.22. The van der Waals surface area contributed by atoms with Gasteiger partial charge in [0.25, 0.3) is 0 Å². The average Bonchev–Trinajstić information content (AvgIpc) is 2.39. The number of anilines is 2. The quantitative estimate of drug-likeness (QED) is 0.574. The second kappa shape index (κ2) is 7.71. The summed E-state index contributed by atoms with van der Waals surface area (Å²) in [4.78, 5) is 22.7. The first-order valence-electron chi connectivity index (χ1n) is 5.85. The van der Waals surface area contributed by atoms with Gasteiger partial charge in [-0.1, -0.05) is 24.3 Å². The maximum atomic E-state index is 11.5. The molecule has 1 aromatic rings. The van der Waals surface area contributed by atoms with Crippen molar-refractivity contribution in [1.29, 1.82) is 0 Å². The Labute approximate surface area is 112 Å². The minimum Gasteiger partial charge on any atom is -0.341 e. The van der Waals surface area contributed by atoms with Crippen molar-refractivity contribution in [2.75, 3.05) is 17.7 Å². The number of carbonyl (C=O) groups is 2. The molecule has 5 heteroatoms. The number of hydrogen-bond donors (Lipinski definition) is 3. The lowest BCUT2D eigenvalue weighted by Crippen LogP contribution is -2.24. The second-order valence-corrected chi connectivity index (χ2v) is 3.66. The van der Waals surface area contributed by atoms with Crippen molar-refractivity contribution in [3.63, 3.8) is 0 Å². The Hall–Kier alpha value is -2.56. The molecule has 19 heavy (non-hydrogen) atoms. The fourth-order valence-corrected chi connectivity index (χ4v) is 1.31. The van der Waals surface area contributed by atoms with Gasteiger partial charge >= 0.3 is 6.03 Å². The molecule has 5 nitrogen and oxygen atoms in total. The van der Waals surface area contributed by atoms with Gasteiger partial charge in [0, 0.05) is 24.5 Å². The summed E-state index contributed by atoms with van der Waals surface area (Å²) in [5, 5.41) is 7.78. The fraction of sp³-hybridized carbons (Fsp3) is 0.143. The Morgan fingerprint density at radius 3 is 2.42 bits per heavy atom. The van der Waals surface area contributed by atoms with Crippen LogP contribution in [-0.4, -0.2) is 19.0 Å². The fourth-order valence-electron chi connectivity index (χ4n) is 1.31. The highest BCUT2D eigenvalue weighted by atomic mass is 16.2. The molecule has 1 rings (SSSR count). The molecule has 1 aromatic carbocycles. The molecule has 3 amide bonds. The van der Waals surface area contributed by atoms with Crippen LogP contribution >= 0.6 is 0 Å². The van der Waals surface area contributed by atoms with Crippen LogP contribution in [0.5, 0.6) is 0 Å². The second-order valence-electron chi connectivity index (χ2n) is 3.66. The topological polar surface area (TPSA) is 70.2 Å². The molecule has 0 saturated carbocycles. The van der Waals surface area contributed by atoms with E-state index >= 15 is 0 Å². The van der Waals surface area contributed by atoms with Gasteiger partial charge in [0.2, 0.25) is 5.91 Å². The molecule has 0 aliphatic carbocycles. The van der Waals surface area contributed by atoms with E-state index in [2.05, 4.69) is 16.0 Å². The molecule has 0 fully saturated rings. The molecule has 0 aromatic heterocycles. The third kappa shape index (κ3) is 5.54. The lowest BCUT2D eigenvalue weighted by Gasteiger charge is -2.07. The standard InChI is InChI=1S/C14H17N3O2/c1-3-4-5-9-13(18)16-11-7-6-8-12(10-11)17-14(19)15-2/h3-10H,1-2H3,(H,16,18)(H2,15,17,19)/b4-3+,9-5+. The summed E-state index contributed by atoms with van der Waals surface area (Å²) < 4.78 is 0. The maximum Gasteiger partial charge on any atom is 0.318 e. The monoisotopic (exact) mass is 259 g/mol. The highest BCUT2D eigenvalue weighted by molar-refractivity contribution is 6.00. The number of allylic oxidation sites excluding steroid dienone is 3. The molecule has 0 saturated heterocycles. The minimum atomic E-state index is -0.309.